The minimum Gasteiger partial charge on any atom is -0.491 e. The normalized spacial score (nSPS) is 11.5. The third-order valence-corrected chi connectivity index (χ3v) is 1.74. The number of hydrogen-bond donors (Lipinski definition) is 0. The molecule has 0 aromatic carbocycles. The zero-order valence-electron chi connectivity index (χ0n) is 8.67. The highest BCUT2D eigenvalue weighted by molar-refractivity contribution is 5.24. The Morgan fingerprint density at radius 2 is 2.13 bits per heavy atom. The highest BCUT2D eigenvalue weighted by Gasteiger charge is 2.26. The lowest BCUT2D eigenvalue weighted by molar-refractivity contribution is 0.0124. The fourth-order valence-electron chi connectivity index (χ4n) is 0.984. The van der Waals surface area contributed by atoms with E-state index in [1.807, 2.05) is 0 Å². The Kier molecular flexibility index (Phi) is 3.96. The Labute approximate surface area is 87.0 Å². The molecular weight excluding hydrogens is 204 g/mol. The minimum absolute atomic E-state index is 0.294. The molecule has 0 spiro atoms. The van der Waals surface area contributed by atoms with Gasteiger partial charge in [-0.2, -0.15) is 8.78 Å². The molecule has 84 valence electrons. The van der Waals surface area contributed by atoms with Crippen LogP contribution in [0.1, 0.15) is 12.6 Å². The van der Waals surface area contributed by atoms with E-state index in [9.17, 15) is 8.78 Å². The second-order valence-corrected chi connectivity index (χ2v) is 3.11. The van der Waals surface area contributed by atoms with E-state index < -0.39 is 5.92 Å². The van der Waals surface area contributed by atoms with Gasteiger partial charge >= 0.3 is 0 Å². The van der Waals surface area contributed by atoms with Crippen LogP contribution >= 0.6 is 0 Å². The minimum atomic E-state index is -2.94. The van der Waals surface area contributed by atoms with E-state index >= 15 is 0 Å². The smallest absolute Gasteiger partial charge is 0.287 e. The summed E-state index contributed by atoms with van der Waals surface area (Å²) in [5.41, 5.74) is -0.294. The van der Waals surface area contributed by atoms with E-state index in [4.69, 9.17) is 9.47 Å². The van der Waals surface area contributed by atoms with Gasteiger partial charge < -0.3 is 9.47 Å². The van der Waals surface area contributed by atoms with Crippen LogP contribution in [0, 0.1) is 0 Å². The van der Waals surface area contributed by atoms with Gasteiger partial charge in [0.05, 0.1) is 6.61 Å². The zero-order chi connectivity index (χ0) is 11.3. The molecule has 0 aliphatic heterocycles. The molecule has 0 atom stereocenters. The van der Waals surface area contributed by atoms with E-state index in [0.717, 1.165) is 6.92 Å². The molecule has 3 nitrogen and oxygen atoms in total. The van der Waals surface area contributed by atoms with Crippen LogP contribution < -0.4 is 4.74 Å². The van der Waals surface area contributed by atoms with Crippen LogP contribution in [0.3, 0.4) is 0 Å². The molecule has 0 saturated heterocycles. The van der Waals surface area contributed by atoms with Crippen molar-refractivity contribution >= 4 is 0 Å². The Balaban J connectivity index is 2.66. The first-order chi connectivity index (χ1) is 7.04. The number of nitrogens with zero attached hydrogens (tertiary/aromatic N) is 1. The van der Waals surface area contributed by atoms with Crippen LogP contribution in [-0.4, -0.2) is 25.3 Å². The van der Waals surface area contributed by atoms with Crippen LogP contribution in [0.5, 0.6) is 5.75 Å². The SMILES string of the molecule is COCCOc1ccnc(C(C)(F)F)c1. The molecule has 0 aliphatic carbocycles. The molecule has 0 N–H and O–H groups in total. The maximum Gasteiger partial charge on any atom is 0.287 e. The summed E-state index contributed by atoms with van der Waals surface area (Å²) in [6, 6.07) is 2.76. The standard InChI is InChI=1S/C10H13F2NO2/c1-10(11,12)9-7-8(3-4-13-9)15-6-5-14-2/h3-4,7H,5-6H2,1-2H3. The molecule has 5 heteroatoms. The first kappa shape index (κ1) is 11.8. The molecule has 0 unspecified atom stereocenters. The summed E-state index contributed by atoms with van der Waals surface area (Å²) in [5, 5.41) is 0. The maximum absolute atomic E-state index is 12.9. The zero-order valence-corrected chi connectivity index (χ0v) is 8.67. The summed E-state index contributed by atoms with van der Waals surface area (Å²) in [6.45, 7) is 1.55. The summed E-state index contributed by atoms with van der Waals surface area (Å²) in [4.78, 5) is 3.58. The molecule has 1 aromatic heterocycles. The molecule has 0 radical (unpaired) electrons. The molecule has 1 rings (SSSR count). The second-order valence-electron chi connectivity index (χ2n) is 3.11. The van der Waals surface area contributed by atoms with E-state index in [-0.39, 0.29) is 5.69 Å². The number of hydrogen-bond acceptors (Lipinski definition) is 3. The Bertz CT molecular complexity index is 313. The van der Waals surface area contributed by atoms with Crippen LogP contribution in [0.2, 0.25) is 0 Å². The van der Waals surface area contributed by atoms with Gasteiger partial charge in [0.25, 0.3) is 5.92 Å². The fourth-order valence-corrected chi connectivity index (χ4v) is 0.984. The number of alkyl halides is 2. The summed E-state index contributed by atoms with van der Waals surface area (Å²) >= 11 is 0. The molecule has 1 aromatic rings. The predicted molar refractivity (Wildman–Crippen MR) is 51.2 cm³/mol. The van der Waals surface area contributed by atoms with E-state index in [0.29, 0.717) is 19.0 Å². The third kappa shape index (κ3) is 3.79. The van der Waals surface area contributed by atoms with E-state index in [2.05, 4.69) is 4.98 Å². The van der Waals surface area contributed by atoms with Crippen molar-refractivity contribution < 1.29 is 18.3 Å². The average molecular weight is 217 g/mol. The van der Waals surface area contributed by atoms with Crippen molar-refractivity contribution in [2.24, 2.45) is 0 Å². The van der Waals surface area contributed by atoms with Gasteiger partial charge in [0.15, 0.2) is 0 Å². The molecule has 15 heavy (non-hydrogen) atoms. The molecule has 1 heterocycles. The van der Waals surface area contributed by atoms with Crippen LogP contribution in [0.15, 0.2) is 18.3 Å². The summed E-state index contributed by atoms with van der Waals surface area (Å²) < 4.78 is 35.7. The monoisotopic (exact) mass is 217 g/mol. The molecule has 0 amide bonds. The van der Waals surface area contributed by atoms with Gasteiger partial charge in [-0.05, 0) is 6.07 Å². The Hall–Kier alpha value is -1.23. The van der Waals surface area contributed by atoms with Crippen molar-refractivity contribution in [1.82, 2.24) is 4.98 Å². The van der Waals surface area contributed by atoms with Gasteiger partial charge in [-0.3, -0.25) is 4.98 Å². The van der Waals surface area contributed by atoms with Crippen molar-refractivity contribution in [1.29, 1.82) is 0 Å². The van der Waals surface area contributed by atoms with Crippen molar-refractivity contribution in [3.63, 3.8) is 0 Å². The first-order valence-electron chi connectivity index (χ1n) is 4.50. The number of aromatic nitrogens is 1. The van der Waals surface area contributed by atoms with Crippen molar-refractivity contribution in [3.8, 4) is 5.75 Å². The average Bonchev–Trinajstić information content (AvgIpc) is 2.17. The molecule has 0 aliphatic rings. The highest BCUT2D eigenvalue weighted by Crippen LogP contribution is 2.27. The lowest BCUT2D eigenvalue weighted by Gasteiger charge is -2.11. The quantitative estimate of drug-likeness (QED) is 0.708. The van der Waals surface area contributed by atoms with E-state index in [1.165, 1.54) is 18.3 Å². The van der Waals surface area contributed by atoms with E-state index in [1.54, 1.807) is 7.11 Å². The van der Waals surface area contributed by atoms with Crippen molar-refractivity contribution in [2.75, 3.05) is 20.3 Å². The van der Waals surface area contributed by atoms with Gasteiger partial charge in [-0.15, -0.1) is 0 Å². The molecule has 0 bridgehead atoms. The van der Waals surface area contributed by atoms with Gasteiger partial charge in [0.2, 0.25) is 0 Å². The number of halogens is 2. The lowest BCUT2D eigenvalue weighted by atomic mass is 10.2. The number of ether oxygens (including phenoxy) is 2. The number of methoxy groups -OCH3 is 1. The first-order valence-corrected chi connectivity index (χ1v) is 4.50. The molecule has 0 saturated carbocycles. The second kappa shape index (κ2) is 5.02. The van der Waals surface area contributed by atoms with Crippen LogP contribution in [-0.2, 0) is 10.7 Å². The third-order valence-electron chi connectivity index (χ3n) is 1.74. The number of pyridine rings is 1. The van der Waals surface area contributed by atoms with Gasteiger partial charge in [0, 0.05) is 26.3 Å². The fraction of sp³-hybridized carbons (Fsp3) is 0.500. The predicted octanol–water partition coefficient (Wildman–Crippen LogP) is 2.22. The highest BCUT2D eigenvalue weighted by atomic mass is 19.3. The number of rotatable bonds is 5. The van der Waals surface area contributed by atoms with Gasteiger partial charge in [-0.1, -0.05) is 0 Å². The molecule has 0 fully saturated rings. The maximum atomic E-state index is 12.9. The Morgan fingerprint density at radius 1 is 1.40 bits per heavy atom. The lowest BCUT2D eigenvalue weighted by Crippen LogP contribution is -2.10. The summed E-state index contributed by atoms with van der Waals surface area (Å²) in [7, 11) is 1.54. The summed E-state index contributed by atoms with van der Waals surface area (Å²) in [6.07, 6.45) is 1.30. The van der Waals surface area contributed by atoms with Crippen molar-refractivity contribution in [2.45, 2.75) is 12.8 Å². The van der Waals surface area contributed by atoms with Crippen LogP contribution in [0.25, 0.3) is 0 Å². The Morgan fingerprint density at radius 3 is 2.73 bits per heavy atom. The molecular formula is C10H13F2NO2. The topological polar surface area (TPSA) is 31.4 Å². The van der Waals surface area contributed by atoms with Crippen molar-refractivity contribution in [3.05, 3.63) is 24.0 Å². The van der Waals surface area contributed by atoms with Crippen LogP contribution in [0.4, 0.5) is 8.78 Å². The largest absolute Gasteiger partial charge is 0.491 e. The summed E-state index contributed by atoms with van der Waals surface area (Å²) in [5.74, 6) is -2.57. The van der Waals surface area contributed by atoms with Gasteiger partial charge in [-0.25, -0.2) is 0 Å². The van der Waals surface area contributed by atoms with Gasteiger partial charge in [0.1, 0.15) is 18.1 Å².